The number of nitrogens with one attached hydrogen (secondary N) is 1. The SMILES string of the molecule is CC(Sc1nnc(-c2ccccc2F)n1C)c1nc2ccccc2c(=O)[nH]1. The number of hydrogen-bond acceptors (Lipinski definition) is 5. The Bertz CT molecular complexity index is 1190. The number of rotatable bonds is 4. The first kappa shape index (κ1) is 17.4. The van der Waals surface area contributed by atoms with Crippen LogP contribution in [0.2, 0.25) is 0 Å². The number of hydrogen-bond donors (Lipinski definition) is 1. The monoisotopic (exact) mass is 381 g/mol. The van der Waals surface area contributed by atoms with Crippen LogP contribution in [-0.2, 0) is 7.05 Å². The van der Waals surface area contributed by atoms with E-state index in [1.54, 1.807) is 41.9 Å². The van der Waals surface area contributed by atoms with Crippen LogP contribution in [0.25, 0.3) is 22.3 Å². The molecule has 0 bridgehead atoms. The van der Waals surface area contributed by atoms with Crippen molar-refractivity contribution >= 4 is 22.7 Å². The second-order valence-corrected chi connectivity index (χ2v) is 7.38. The van der Waals surface area contributed by atoms with Crippen molar-refractivity contribution in [3.05, 3.63) is 70.5 Å². The minimum atomic E-state index is -0.349. The molecule has 1 atom stereocenters. The zero-order valence-electron chi connectivity index (χ0n) is 14.7. The Hall–Kier alpha value is -3.00. The molecule has 1 unspecified atom stereocenters. The van der Waals surface area contributed by atoms with Gasteiger partial charge < -0.3 is 9.55 Å². The van der Waals surface area contributed by atoms with Gasteiger partial charge in [0.25, 0.3) is 5.56 Å². The molecule has 27 heavy (non-hydrogen) atoms. The molecule has 2 aromatic carbocycles. The molecular formula is C19H16FN5OS. The highest BCUT2D eigenvalue weighted by atomic mass is 32.2. The van der Waals surface area contributed by atoms with Crippen LogP contribution in [0.3, 0.4) is 0 Å². The molecule has 0 amide bonds. The van der Waals surface area contributed by atoms with Crippen LogP contribution in [0, 0.1) is 5.82 Å². The van der Waals surface area contributed by atoms with Crippen LogP contribution in [0.15, 0.2) is 58.5 Å². The standard InChI is InChI=1S/C19H16FN5OS/c1-11(16-21-15-10-6-4-8-13(15)18(26)22-16)27-19-24-23-17(25(19)2)12-7-3-5-9-14(12)20/h3-11H,1-2H3,(H,21,22,26). The summed E-state index contributed by atoms with van der Waals surface area (Å²) >= 11 is 1.40. The number of fused-ring (bicyclic) bond motifs is 1. The highest BCUT2D eigenvalue weighted by molar-refractivity contribution is 7.99. The van der Waals surface area contributed by atoms with Gasteiger partial charge in [0.2, 0.25) is 0 Å². The van der Waals surface area contributed by atoms with Crippen molar-refractivity contribution in [3.8, 4) is 11.4 Å². The number of halogens is 1. The lowest BCUT2D eigenvalue weighted by Crippen LogP contribution is -2.13. The second-order valence-electron chi connectivity index (χ2n) is 6.07. The number of nitrogens with zero attached hydrogens (tertiary/aromatic N) is 4. The van der Waals surface area contributed by atoms with Gasteiger partial charge in [-0.25, -0.2) is 9.37 Å². The van der Waals surface area contributed by atoms with Crippen molar-refractivity contribution in [2.45, 2.75) is 17.3 Å². The van der Waals surface area contributed by atoms with Crippen LogP contribution < -0.4 is 5.56 Å². The number of benzene rings is 2. The van der Waals surface area contributed by atoms with Crippen molar-refractivity contribution in [1.82, 2.24) is 24.7 Å². The third-order valence-electron chi connectivity index (χ3n) is 4.25. The highest BCUT2D eigenvalue weighted by Crippen LogP contribution is 2.33. The van der Waals surface area contributed by atoms with Gasteiger partial charge in [-0.15, -0.1) is 10.2 Å². The van der Waals surface area contributed by atoms with Gasteiger partial charge in [0.1, 0.15) is 11.6 Å². The number of H-pyrrole nitrogens is 1. The molecule has 0 aliphatic rings. The zero-order valence-corrected chi connectivity index (χ0v) is 15.5. The first-order valence-electron chi connectivity index (χ1n) is 8.34. The van der Waals surface area contributed by atoms with Crippen molar-refractivity contribution in [3.63, 3.8) is 0 Å². The normalized spacial score (nSPS) is 12.4. The number of aromatic amines is 1. The van der Waals surface area contributed by atoms with Gasteiger partial charge in [-0.1, -0.05) is 36.0 Å². The lowest BCUT2D eigenvalue weighted by Gasteiger charge is -2.11. The molecule has 0 radical (unpaired) electrons. The highest BCUT2D eigenvalue weighted by Gasteiger charge is 2.19. The van der Waals surface area contributed by atoms with Crippen molar-refractivity contribution in [1.29, 1.82) is 0 Å². The summed E-state index contributed by atoms with van der Waals surface area (Å²) in [5.74, 6) is 0.653. The van der Waals surface area contributed by atoms with Gasteiger partial charge in [0.05, 0.1) is 21.7 Å². The van der Waals surface area contributed by atoms with Gasteiger partial charge in [0, 0.05) is 7.05 Å². The van der Waals surface area contributed by atoms with E-state index < -0.39 is 0 Å². The van der Waals surface area contributed by atoms with Crippen LogP contribution in [0.1, 0.15) is 18.0 Å². The fraction of sp³-hybridized carbons (Fsp3) is 0.158. The van der Waals surface area contributed by atoms with E-state index in [4.69, 9.17) is 0 Å². The predicted molar refractivity (Wildman–Crippen MR) is 103 cm³/mol. The fourth-order valence-corrected chi connectivity index (χ4v) is 3.68. The molecule has 2 heterocycles. The maximum Gasteiger partial charge on any atom is 0.258 e. The molecule has 0 aliphatic carbocycles. The van der Waals surface area contributed by atoms with Crippen LogP contribution >= 0.6 is 11.8 Å². The van der Waals surface area contributed by atoms with Crippen LogP contribution in [0.4, 0.5) is 4.39 Å². The first-order chi connectivity index (χ1) is 13.0. The average Bonchev–Trinajstić information content (AvgIpc) is 3.02. The number of thioether (sulfide) groups is 1. The summed E-state index contributed by atoms with van der Waals surface area (Å²) in [5.41, 5.74) is 0.867. The van der Waals surface area contributed by atoms with Gasteiger partial charge in [0.15, 0.2) is 11.0 Å². The maximum absolute atomic E-state index is 14.0. The Morgan fingerprint density at radius 3 is 2.67 bits per heavy atom. The molecule has 2 aromatic heterocycles. The minimum Gasteiger partial charge on any atom is -0.309 e. The summed E-state index contributed by atoms with van der Waals surface area (Å²) in [4.78, 5) is 19.6. The Balaban J connectivity index is 1.65. The second kappa shape index (κ2) is 6.96. The van der Waals surface area contributed by atoms with Crippen LogP contribution in [0.5, 0.6) is 0 Å². The molecule has 0 saturated heterocycles. The number of aromatic nitrogens is 5. The van der Waals surface area contributed by atoms with E-state index >= 15 is 0 Å². The average molecular weight is 381 g/mol. The first-order valence-corrected chi connectivity index (χ1v) is 9.22. The molecule has 0 fully saturated rings. The smallest absolute Gasteiger partial charge is 0.258 e. The molecule has 4 rings (SSSR count). The van der Waals surface area contributed by atoms with E-state index in [-0.39, 0.29) is 16.6 Å². The third kappa shape index (κ3) is 3.23. The molecule has 8 heteroatoms. The predicted octanol–water partition coefficient (Wildman–Crippen LogP) is 3.71. The van der Waals surface area contributed by atoms with E-state index in [9.17, 15) is 9.18 Å². The molecular weight excluding hydrogens is 365 g/mol. The van der Waals surface area contributed by atoms with Crippen molar-refractivity contribution in [2.75, 3.05) is 0 Å². The van der Waals surface area contributed by atoms with E-state index in [0.29, 0.717) is 33.3 Å². The van der Waals surface area contributed by atoms with E-state index in [1.165, 1.54) is 17.8 Å². The Labute approximate surface area is 158 Å². The molecule has 1 N–H and O–H groups in total. The zero-order chi connectivity index (χ0) is 19.0. The Morgan fingerprint density at radius 2 is 1.85 bits per heavy atom. The molecule has 136 valence electrons. The molecule has 0 aliphatic heterocycles. The van der Waals surface area contributed by atoms with Crippen molar-refractivity contribution < 1.29 is 4.39 Å². The summed E-state index contributed by atoms with van der Waals surface area (Å²) in [6, 6.07) is 13.7. The largest absolute Gasteiger partial charge is 0.309 e. The summed E-state index contributed by atoms with van der Waals surface area (Å²) in [7, 11) is 1.79. The van der Waals surface area contributed by atoms with Crippen molar-refractivity contribution in [2.24, 2.45) is 7.05 Å². The quantitative estimate of drug-likeness (QED) is 0.545. The van der Waals surface area contributed by atoms with Gasteiger partial charge in [-0.2, -0.15) is 0 Å². The van der Waals surface area contributed by atoms with Gasteiger partial charge >= 0.3 is 0 Å². The fourth-order valence-electron chi connectivity index (χ4n) is 2.81. The summed E-state index contributed by atoms with van der Waals surface area (Å²) < 4.78 is 15.8. The van der Waals surface area contributed by atoms with Gasteiger partial charge in [-0.3, -0.25) is 4.79 Å². The molecule has 4 aromatic rings. The topological polar surface area (TPSA) is 76.5 Å². The third-order valence-corrected chi connectivity index (χ3v) is 5.39. The van der Waals surface area contributed by atoms with E-state index in [1.807, 2.05) is 19.1 Å². The Morgan fingerprint density at radius 1 is 1.11 bits per heavy atom. The van der Waals surface area contributed by atoms with E-state index in [2.05, 4.69) is 20.2 Å². The van der Waals surface area contributed by atoms with Gasteiger partial charge in [-0.05, 0) is 31.2 Å². The van der Waals surface area contributed by atoms with E-state index in [0.717, 1.165) is 0 Å². The summed E-state index contributed by atoms with van der Waals surface area (Å²) in [6.45, 7) is 1.93. The minimum absolute atomic E-state index is 0.168. The lowest BCUT2D eigenvalue weighted by atomic mass is 10.2. The molecule has 0 saturated carbocycles. The summed E-state index contributed by atoms with van der Waals surface area (Å²) in [5, 5.41) is 9.29. The van der Waals surface area contributed by atoms with Crippen LogP contribution in [-0.4, -0.2) is 24.7 Å². The molecule has 6 nitrogen and oxygen atoms in total. The Kier molecular flexibility index (Phi) is 4.49. The lowest BCUT2D eigenvalue weighted by molar-refractivity contribution is 0.628. The summed E-state index contributed by atoms with van der Waals surface area (Å²) in [6.07, 6.45) is 0. The number of para-hydroxylation sites is 1. The molecule has 0 spiro atoms. The maximum atomic E-state index is 14.0.